The van der Waals surface area contributed by atoms with Gasteiger partial charge in [-0.2, -0.15) is 16.6 Å². The molecule has 0 bridgehead atoms. The van der Waals surface area contributed by atoms with Crippen molar-refractivity contribution in [1.29, 1.82) is 5.26 Å². The minimum absolute atomic E-state index is 0.270. The van der Waals surface area contributed by atoms with Crippen molar-refractivity contribution in [2.75, 3.05) is 5.32 Å². The van der Waals surface area contributed by atoms with Crippen molar-refractivity contribution in [3.8, 4) is 6.07 Å². The van der Waals surface area contributed by atoms with Gasteiger partial charge in [0.25, 0.3) is 0 Å². The van der Waals surface area contributed by atoms with Crippen LogP contribution >= 0.6 is 11.3 Å². The zero-order valence-corrected chi connectivity index (χ0v) is 9.79. The summed E-state index contributed by atoms with van der Waals surface area (Å²) >= 11 is 1.61. The van der Waals surface area contributed by atoms with E-state index >= 15 is 0 Å². The second kappa shape index (κ2) is 4.82. The van der Waals surface area contributed by atoms with Crippen LogP contribution in [0.5, 0.6) is 0 Å². The second-order valence-electron chi connectivity index (χ2n) is 3.63. The number of thiophene rings is 1. The largest absolute Gasteiger partial charge is 0.366 e. The lowest BCUT2D eigenvalue weighted by molar-refractivity contribution is 1.01. The number of nitrogens with one attached hydrogen (secondary N) is 1. The minimum Gasteiger partial charge on any atom is -0.366 e. The molecule has 1 atom stereocenters. The SMILES string of the molecule is Cc1cccc(NC(C#N)c2ccsc2)c1. The van der Waals surface area contributed by atoms with Crippen LogP contribution in [0, 0.1) is 18.3 Å². The number of nitriles is 1. The molecule has 0 saturated heterocycles. The topological polar surface area (TPSA) is 35.8 Å². The zero-order valence-electron chi connectivity index (χ0n) is 8.97. The van der Waals surface area contributed by atoms with E-state index in [9.17, 15) is 0 Å². The predicted molar refractivity (Wildman–Crippen MR) is 67.5 cm³/mol. The molecule has 0 aliphatic heterocycles. The molecule has 0 aliphatic rings. The van der Waals surface area contributed by atoms with Crippen molar-refractivity contribution in [3.63, 3.8) is 0 Å². The van der Waals surface area contributed by atoms with Crippen LogP contribution in [0.15, 0.2) is 41.1 Å². The molecule has 1 unspecified atom stereocenters. The molecular weight excluding hydrogens is 216 g/mol. The van der Waals surface area contributed by atoms with Crippen LogP contribution in [0.1, 0.15) is 17.2 Å². The Hall–Kier alpha value is -1.79. The van der Waals surface area contributed by atoms with E-state index in [1.54, 1.807) is 11.3 Å². The van der Waals surface area contributed by atoms with Gasteiger partial charge in [0.2, 0.25) is 0 Å². The van der Waals surface area contributed by atoms with Gasteiger partial charge < -0.3 is 5.32 Å². The Bertz CT molecular complexity index is 497. The molecule has 80 valence electrons. The van der Waals surface area contributed by atoms with Crippen LogP contribution in [-0.2, 0) is 0 Å². The molecule has 2 aromatic rings. The lowest BCUT2D eigenvalue weighted by Crippen LogP contribution is -2.07. The molecule has 1 aromatic carbocycles. The number of anilines is 1. The maximum absolute atomic E-state index is 9.12. The maximum Gasteiger partial charge on any atom is 0.141 e. The van der Waals surface area contributed by atoms with Crippen molar-refractivity contribution in [1.82, 2.24) is 0 Å². The first-order chi connectivity index (χ1) is 7.79. The third kappa shape index (κ3) is 2.41. The molecule has 0 fully saturated rings. The molecule has 1 aromatic heterocycles. The van der Waals surface area contributed by atoms with Gasteiger partial charge in [0.1, 0.15) is 6.04 Å². The summed E-state index contributed by atoms with van der Waals surface area (Å²) in [4.78, 5) is 0. The lowest BCUT2D eigenvalue weighted by atomic mass is 10.1. The Kier molecular flexibility index (Phi) is 3.23. The summed E-state index contributed by atoms with van der Waals surface area (Å²) in [6, 6.07) is 12.0. The van der Waals surface area contributed by atoms with Gasteiger partial charge in [0, 0.05) is 5.69 Å². The van der Waals surface area contributed by atoms with Crippen LogP contribution in [0.3, 0.4) is 0 Å². The van der Waals surface area contributed by atoms with Gasteiger partial charge in [-0.1, -0.05) is 12.1 Å². The van der Waals surface area contributed by atoms with Crippen LogP contribution in [0.2, 0.25) is 0 Å². The Morgan fingerprint density at radius 3 is 2.88 bits per heavy atom. The summed E-state index contributed by atoms with van der Waals surface area (Å²) in [6.07, 6.45) is 0. The molecule has 2 rings (SSSR count). The molecule has 1 heterocycles. The molecule has 0 aliphatic carbocycles. The monoisotopic (exact) mass is 228 g/mol. The average molecular weight is 228 g/mol. The van der Waals surface area contributed by atoms with E-state index in [2.05, 4.69) is 11.4 Å². The summed E-state index contributed by atoms with van der Waals surface area (Å²) in [6.45, 7) is 2.04. The van der Waals surface area contributed by atoms with Gasteiger partial charge in [-0.25, -0.2) is 0 Å². The Balaban J connectivity index is 2.17. The first-order valence-electron chi connectivity index (χ1n) is 5.04. The van der Waals surface area contributed by atoms with Crippen LogP contribution in [0.4, 0.5) is 5.69 Å². The van der Waals surface area contributed by atoms with Gasteiger partial charge in [0.15, 0.2) is 0 Å². The molecule has 1 N–H and O–H groups in total. The molecule has 2 nitrogen and oxygen atoms in total. The third-order valence-electron chi connectivity index (χ3n) is 2.33. The Labute approximate surface area is 99.2 Å². The van der Waals surface area contributed by atoms with Gasteiger partial charge in [0.05, 0.1) is 6.07 Å². The number of hydrogen-bond donors (Lipinski definition) is 1. The maximum atomic E-state index is 9.12. The fourth-order valence-electron chi connectivity index (χ4n) is 1.53. The summed E-state index contributed by atoms with van der Waals surface area (Å²) in [5.41, 5.74) is 3.19. The highest BCUT2D eigenvalue weighted by Gasteiger charge is 2.09. The minimum atomic E-state index is -0.270. The first-order valence-corrected chi connectivity index (χ1v) is 5.99. The van der Waals surface area contributed by atoms with Crippen LogP contribution in [-0.4, -0.2) is 0 Å². The second-order valence-corrected chi connectivity index (χ2v) is 4.41. The fourth-order valence-corrected chi connectivity index (χ4v) is 2.22. The number of nitrogens with zero attached hydrogens (tertiary/aromatic N) is 1. The number of aryl methyl sites for hydroxylation is 1. The molecule has 3 heteroatoms. The third-order valence-corrected chi connectivity index (χ3v) is 3.04. The van der Waals surface area contributed by atoms with Crippen LogP contribution < -0.4 is 5.32 Å². The molecule has 16 heavy (non-hydrogen) atoms. The number of rotatable bonds is 3. The van der Waals surface area contributed by atoms with Gasteiger partial charge in [-0.05, 0) is 47.0 Å². The fraction of sp³-hybridized carbons (Fsp3) is 0.154. The van der Waals surface area contributed by atoms with Crippen molar-refractivity contribution >= 4 is 17.0 Å². The van der Waals surface area contributed by atoms with E-state index in [1.165, 1.54) is 5.56 Å². The van der Waals surface area contributed by atoms with Crippen LogP contribution in [0.25, 0.3) is 0 Å². The van der Waals surface area contributed by atoms with E-state index in [4.69, 9.17) is 5.26 Å². The molecule has 0 saturated carbocycles. The van der Waals surface area contributed by atoms with Gasteiger partial charge in [-0.3, -0.25) is 0 Å². The summed E-state index contributed by atoms with van der Waals surface area (Å²) in [7, 11) is 0. The number of hydrogen-bond acceptors (Lipinski definition) is 3. The molecule has 0 spiro atoms. The normalized spacial score (nSPS) is 11.8. The Morgan fingerprint density at radius 1 is 1.38 bits per heavy atom. The van der Waals surface area contributed by atoms with E-state index in [0.717, 1.165) is 11.3 Å². The smallest absolute Gasteiger partial charge is 0.141 e. The van der Waals surface area contributed by atoms with Crippen molar-refractivity contribution in [2.45, 2.75) is 13.0 Å². The quantitative estimate of drug-likeness (QED) is 0.868. The Morgan fingerprint density at radius 2 is 2.25 bits per heavy atom. The molecule has 0 radical (unpaired) electrons. The standard InChI is InChI=1S/C13H12N2S/c1-10-3-2-4-12(7-10)15-13(8-14)11-5-6-16-9-11/h2-7,9,13,15H,1H3. The highest BCUT2D eigenvalue weighted by atomic mass is 32.1. The van der Waals surface area contributed by atoms with E-state index in [1.807, 2.05) is 48.0 Å². The molecular formula is C13H12N2S. The van der Waals surface area contributed by atoms with Crippen molar-refractivity contribution in [3.05, 3.63) is 52.2 Å². The highest BCUT2D eigenvalue weighted by molar-refractivity contribution is 7.08. The van der Waals surface area contributed by atoms with E-state index in [0.29, 0.717) is 0 Å². The van der Waals surface area contributed by atoms with Gasteiger partial charge >= 0.3 is 0 Å². The number of benzene rings is 1. The van der Waals surface area contributed by atoms with E-state index < -0.39 is 0 Å². The van der Waals surface area contributed by atoms with Gasteiger partial charge in [-0.15, -0.1) is 0 Å². The summed E-state index contributed by atoms with van der Waals surface area (Å²) in [5.74, 6) is 0. The molecule has 0 amide bonds. The summed E-state index contributed by atoms with van der Waals surface area (Å²) < 4.78 is 0. The van der Waals surface area contributed by atoms with Crippen molar-refractivity contribution in [2.24, 2.45) is 0 Å². The lowest BCUT2D eigenvalue weighted by Gasteiger charge is -2.11. The van der Waals surface area contributed by atoms with Crippen molar-refractivity contribution < 1.29 is 0 Å². The van der Waals surface area contributed by atoms with E-state index in [-0.39, 0.29) is 6.04 Å². The highest BCUT2D eigenvalue weighted by Crippen LogP contribution is 2.21. The predicted octanol–water partition coefficient (Wildman–Crippen LogP) is 3.73. The summed E-state index contributed by atoms with van der Waals surface area (Å²) in [5, 5.41) is 16.3. The first kappa shape index (κ1) is 10.7. The average Bonchev–Trinajstić information content (AvgIpc) is 2.79. The zero-order chi connectivity index (χ0) is 11.4.